The van der Waals surface area contributed by atoms with E-state index in [0.29, 0.717) is 5.82 Å². The summed E-state index contributed by atoms with van der Waals surface area (Å²) in [6.45, 7) is 0.711. The summed E-state index contributed by atoms with van der Waals surface area (Å²) < 4.78 is 2.00. The molecule has 0 saturated heterocycles. The molecule has 17 heavy (non-hydrogen) atoms. The molecule has 0 aliphatic heterocycles. The highest BCUT2D eigenvalue weighted by atomic mass is 16.3. The third-order valence-electron chi connectivity index (χ3n) is 2.67. The standard InChI is InChI=1S/C12H12N4O/c17-7-12-14-10-2-1-9(5-11(10)15-12)6-16-4-3-13-8-16/h1-5,8,17H,6-7H2,(H,14,15). The minimum Gasteiger partial charge on any atom is -0.388 e. The Kier molecular flexibility index (Phi) is 2.38. The van der Waals surface area contributed by atoms with Gasteiger partial charge in [0, 0.05) is 18.9 Å². The molecule has 0 bridgehead atoms. The minimum absolute atomic E-state index is 0.0640. The molecule has 2 heterocycles. The van der Waals surface area contributed by atoms with E-state index in [2.05, 4.69) is 15.0 Å². The Morgan fingerprint density at radius 2 is 2.29 bits per heavy atom. The second-order valence-electron chi connectivity index (χ2n) is 3.93. The molecule has 0 aliphatic carbocycles. The fourth-order valence-corrected chi connectivity index (χ4v) is 1.87. The Labute approximate surface area is 97.8 Å². The van der Waals surface area contributed by atoms with Gasteiger partial charge in [0.2, 0.25) is 0 Å². The monoisotopic (exact) mass is 228 g/mol. The fourth-order valence-electron chi connectivity index (χ4n) is 1.87. The zero-order chi connectivity index (χ0) is 11.7. The van der Waals surface area contributed by atoms with Crippen molar-refractivity contribution in [2.75, 3.05) is 0 Å². The minimum atomic E-state index is -0.0640. The zero-order valence-corrected chi connectivity index (χ0v) is 9.17. The van der Waals surface area contributed by atoms with Gasteiger partial charge in [-0.1, -0.05) is 6.07 Å². The molecular formula is C12H12N4O. The lowest BCUT2D eigenvalue weighted by molar-refractivity contribution is 0.273. The Hall–Kier alpha value is -2.14. The maximum atomic E-state index is 9.01. The van der Waals surface area contributed by atoms with Crippen LogP contribution in [0.1, 0.15) is 11.4 Å². The van der Waals surface area contributed by atoms with Gasteiger partial charge in [-0.2, -0.15) is 0 Å². The predicted octanol–water partition coefficient (Wildman–Crippen LogP) is 1.30. The van der Waals surface area contributed by atoms with Crippen molar-refractivity contribution < 1.29 is 5.11 Å². The molecule has 0 unspecified atom stereocenters. The average molecular weight is 228 g/mol. The predicted molar refractivity (Wildman–Crippen MR) is 63.3 cm³/mol. The Balaban J connectivity index is 1.95. The second kappa shape index (κ2) is 4.03. The average Bonchev–Trinajstić information content (AvgIpc) is 2.96. The van der Waals surface area contributed by atoms with Crippen molar-refractivity contribution in [1.29, 1.82) is 0 Å². The first-order valence-electron chi connectivity index (χ1n) is 5.39. The number of nitrogens with one attached hydrogen (secondary N) is 1. The van der Waals surface area contributed by atoms with Crippen LogP contribution < -0.4 is 0 Å². The van der Waals surface area contributed by atoms with Crippen molar-refractivity contribution in [2.45, 2.75) is 13.2 Å². The van der Waals surface area contributed by atoms with Gasteiger partial charge in [-0.3, -0.25) is 0 Å². The van der Waals surface area contributed by atoms with Crippen LogP contribution >= 0.6 is 0 Å². The summed E-state index contributed by atoms with van der Waals surface area (Å²) in [6.07, 6.45) is 5.47. The topological polar surface area (TPSA) is 66.7 Å². The molecule has 5 heteroatoms. The summed E-state index contributed by atoms with van der Waals surface area (Å²) in [4.78, 5) is 11.3. The van der Waals surface area contributed by atoms with Gasteiger partial charge in [-0.05, 0) is 17.7 Å². The zero-order valence-electron chi connectivity index (χ0n) is 9.17. The number of benzene rings is 1. The number of imidazole rings is 2. The van der Waals surface area contributed by atoms with Crippen LogP contribution in [0.5, 0.6) is 0 Å². The summed E-state index contributed by atoms with van der Waals surface area (Å²) in [5.74, 6) is 0.597. The van der Waals surface area contributed by atoms with Crippen molar-refractivity contribution >= 4 is 11.0 Å². The number of H-pyrrole nitrogens is 1. The van der Waals surface area contributed by atoms with Gasteiger partial charge in [-0.15, -0.1) is 0 Å². The highest BCUT2D eigenvalue weighted by Crippen LogP contribution is 2.14. The largest absolute Gasteiger partial charge is 0.388 e. The van der Waals surface area contributed by atoms with E-state index in [-0.39, 0.29) is 6.61 Å². The molecule has 0 amide bonds. The molecule has 2 aromatic heterocycles. The first kappa shape index (κ1) is 10.0. The van der Waals surface area contributed by atoms with Gasteiger partial charge in [0.25, 0.3) is 0 Å². The van der Waals surface area contributed by atoms with Crippen LogP contribution in [0.2, 0.25) is 0 Å². The number of nitrogens with zero attached hydrogens (tertiary/aromatic N) is 3. The van der Waals surface area contributed by atoms with Crippen molar-refractivity contribution in [3.05, 3.63) is 48.3 Å². The molecule has 0 aliphatic rings. The summed E-state index contributed by atoms with van der Waals surface area (Å²) in [5, 5.41) is 9.01. The summed E-state index contributed by atoms with van der Waals surface area (Å²) in [7, 11) is 0. The van der Waals surface area contributed by atoms with Crippen LogP contribution in [-0.4, -0.2) is 24.6 Å². The lowest BCUT2D eigenvalue weighted by atomic mass is 10.2. The van der Waals surface area contributed by atoms with Crippen molar-refractivity contribution in [3.63, 3.8) is 0 Å². The summed E-state index contributed by atoms with van der Waals surface area (Å²) in [6, 6.07) is 6.04. The van der Waals surface area contributed by atoms with E-state index < -0.39 is 0 Å². The van der Waals surface area contributed by atoms with Crippen molar-refractivity contribution in [3.8, 4) is 0 Å². The van der Waals surface area contributed by atoms with Gasteiger partial charge >= 0.3 is 0 Å². The van der Waals surface area contributed by atoms with Crippen LogP contribution in [0, 0.1) is 0 Å². The Morgan fingerprint density at radius 3 is 3.06 bits per heavy atom. The first-order chi connectivity index (χ1) is 8.35. The number of fused-ring (bicyclic) bond motifs is 1. The second-order valence-corrected chi connectivity index (χ2v) is 3.93. The van der Waals surface area contributed by atoms with Gasteiger partial charge in [0.1, 0.15) is 12.4 Å². The van der Waals surface area contributed by atoms with Crippen LogP contribution in [0.25, 0.3) is 11.0 Å². The molecular weight excluding hydrogens is 216 g/mol. The molecule has 0 atom stereocenters. The number of hydrogen-bond donors (Lipinski definition) is 2. The Morgan fingerprint density at radius 1 is 1.35 bits per heavy atom. The van der Waals surface area contributed by atoms with Crippen LogP contribution in [0.15, 0.2) is 36.9 Å². The SMILES string of the molecule is OCc1nc2cc(Cn3ccnc3)ccc2[nH]1. The molecule has 2 N–H and O–H groups in total. The first-order valence-corrected chi connectivity index (χ1v) is 5.39. The molecule has 5 nitrogen and oxygen atoms in total. The number of aromatic amines is 1. The third kappa shape index (κ3) is 1.92. The third-order valence-corrected chi connectivity index (χ3v) is 2.67. The van der Waals surface area contributed by atoms with E-state index in [0.717, 1.165) is 23.1 Å². The summed E-state index contributed by atoms with van der Waals surface area (Å²) >= 11 is 0. The normalized spacial score (nSPS) is 11.1. The van der Waals surface area contributed by atoms with Crippen molar-refractivity contribution in [1.82, 2.24) is 19.5 Å². The maximum Gasteiger partial charge on any atom is 0.133 e. The Bertz CT molecular complexity index is 627. The van der Waals surface area contributed by atoms with E-state index >= 15 is 0 Å². The molecule has 86 valence electrons. The van der Waals surface area contributed by atoms with Crippen LogP contribution in [-0.2, 0) is 13.2 Å². The van der Waals surface area contributed by atoms with Gasteiger partial charge in [0.05, 0.1) is 17.4 Å². The quantitative estimate of drug-likeness (QED) is 0.710. The number of hydrogen-bond acceptors (Lipinski definition) is 3. The number of rotatable bonds is 3. The fraction of sp³-hybridized carbons (Fsp3) is 0.167. The molecule has 3 aromatic rings. The van der Waals surface area contributed by atoms with E-state index in [1.165, 1.54) is 0 Å². The molecule has 0 spiro atoms. The lowest BCUT2D eigenvalue weighted by Crippen LogP contribution is -1.95. The van der Waals surface area contributed by atoms with Crippen LogP contribution in [0.4, 0.5) is 0 Å². The van der Waals surface area contributed by atoms with Gasteiger partial charge in [-0.25, -0.2) is 9.97 Å². The highest BCUT2D eigenvalue weighted by Gasteiger charge is 2.03. The van der Waals surface area contributed by atoms with Gasteiger partial charge in [0.15, 0.2) is 0 Å². The van der Waals surface area contributed by atoms with E-state index in [1.807, 2.05) is 29.0 Å². The highest BCUT2D eigenvalue weighted by molar-refractivity contribution is 5.75. The maximum absolute atomic E-state index is 9.01. The molecule has 0 fully saturated rings. The number of aliphatic hydroxyl groups is 1. The smallest absolute Gasteiger partial charge is 0.133 e. The summed E-state index contributed by atoms with van der Waals surface area (Å²) in [5.41, 5.74) is 2.99. The van der Waals surface area contributed by atoms with Crippen LogP contribution in [0.3, 0.4) is 0 Å². The molecule has 1 aromatic carbocycles. The molecule has 0 saturated carbocycles. The number of aliphatic hydroxyl groups excluding tert-OH is 1. The number of aromatic nitrogens is 4. The molecule has 0 radical (unpaired) electrons. The van der Waals surface area contributed by atoms with E-state index in [9.17, 15) is 0 Å². The van der Waals surface area contributed by atoms with Gasteiger partial charge < -0.3 is 14.7 Å². The van der Waals surface area contributed by atoms with E-state index in [1.54, 1.807) is 12.5 Å². The van der Waals surface area contributed by atoms with E-state index in [4.69, 9.17) is 5.11 Å². The molecule has 3 rings (SSSR count). The van der Waals surface area contributed by atoms with Crippen molar-refractivity contribution in [2.24, 2.45) is 0 Å². The lowest BCUT2D eigenvalue weighted by Gasteiger charge is -2.01.